The van der Waals surface area contributed by atoms with Crippen molar-refractivity contribution in [3.63, 3.8) is 0 Å². The molecule has 22 heavy (non-hydrogen) atoms. The van der Waals surface area contributed by atoms with Crippen molar-refractivity contribution in [2.75, 3.05) is 26.9 Å². The van der Waals surface area contributed by atoms with Crippen molar-refractivity contribution in [1.82, 2.24) is 9.55 Å². The maximum absolute atomic E-state index is 12.8. The van der Waals surface area contributed by atoms with E-state index >= 15 is 0 Å². The zero-order valence-corrected chi connectivity index (χ0v) is 12.6. The van der Waals surface area contributed by atoms with E-state index in [2.05, 4.69) is 4.98 Å². The van der Waals surface area contributed by atoms with Gasteiger partial charge in [0.2, 0.25) is 0 Å². The minimum Gasteiger partial charge on any atom is -0.496 e. The van der Waals surface area contributed by atoms with Crippen LogP contribution in [0.2, 0.25) is 0 Å². The van der Waals surface area contributed by atoms with Crippen molar-refractivity contribution in [3.8, 4) is 5.75 Å². The molecule has 0 bridgehead atoms. The Balaban J connectivity index is 2.04. The summed E-state index contributed by atoms with van der Waals surface area (Å²) in [5, 5.41) is 10.3. The summed E-state index contributed by atoms with van der Waals surface area (Å²) in [5.74, 6) is 0.523. The molecule has 1 fully saturated rings. The predicted molar refractivity (Wildman–Crippen MR) is 82.1 cm³/mol. The quantitative estimate of drug-likeness (QED) is 0.918. The van der Waals surface area contributed by atoms with Gasteiger partial charge in [0.25, 0.3) is 5.56 Å². The average molecular weight is 304 g/mol. The summed E-state index contributed by atoms with van der Waals surface area (Å²) >= 11 is 0. The number of fused-ring (bicyclic) bond motifs is 1. The standard InChI is InChI=1S/C16H20N2O4/c1-21-13-4-2-3-12-14(13)15(20)18(11-17-12)9-16(10-19)5-7-22-8-6-16/h2-4,11,19H,5-10H2,1H3. The van der Waals surface area contributed by atoms with Crippen LogP contribution < -0.4 is 10.3 Å². The van der Waals surface area contributed by atoms with E-state index in [1.807, 2.05) is 6.07 Å². The Labute approximate surface area is 128 Å². The monoisotopic (exact) mass is 304 g/mol. The summed E-state index contributed by atoms with van der Waals surface area (Å²) in [5.41, 5.74) is 0.159. The van der Waals surface area contributed by atoms with Crippen LogP contribution in [-0.4, -0.2) is 41.6 Å². The summed E-state index contributed by atoms with van der Waals surface area (Å²) in [7, 11) is 1.54. The molecule has 118 valence electrons. The first-order valence-electron chi connectivity index (χ1n) is 7.40. The fourth-order valence-corrected chi connectivity index (χ4v) is 2.98. The number of benzene rings is 1. The highest BCUT2D eigenvalue weighted by atomic mass is 16.5. The maximum atomic E-state index is 12.8. The first kappa shape index (κ1) is 15.0. The molecule has 6 heteroatoms. The molecule has 1 aliphatic heterocycles. The summed E-state index contributed by atoms with van der Waals surface area (Å²) < 4.78 is 12.2. The third-order valence-electron chi connectivity index (χ3n) is 4.43. The molecule has 1 aliphatic rings. The zero-order chi connectivity index (χ0) is 15.6. The van der Waals surface area contributed by atoms with Crippen LogP contribution in [0.15, 0.2) is 29.3 Å². The van der Waals surface area contributed by atoms with Gasteiger partial charge < -0.3 is 14.6 Å². The van der Waals surface area contributed by atoms with E-state index in [4.69, 9.17) is 9.47 Å². The highest BCUT2D eigenvalue weighted by Crippen LogP contribution is 2.31. The highest BCUT2D eigenvalue weighted by Gasteiger charge is 2.33. The first-order chi connectivity index (χ1) is 10.7. The van der Waals surface area contributed by atoms with Gasteiger partial charge in [-0.3, -0.25) is 9.36 Å². The minimum atomic E-state index is -0.320. The Morgan fingerprint density at radius 2 is 2.18 bits per heavy atom. The Kier molecular flexibility index (Phi) is 4.13. The topological polar surface area (TPSA) is 73.6 Å². The van der Waals surface area contributed by atoms with Crippen LogP contribution in [0, 0.1) is 5.41 Å². The number of aromatic nitrogens is 2. The molecule has 2 heterocycles. The maximum Gasteiger partial charge on any atom is 0.264 e. The van der Waals surface area contributed by atoms with Gasteiger partial charge in [-0.05, 0) is 25.0 Å². The molecule has 6 nitrogen and oxygen atoms in total. The van der Waals surface area contributed by atoms with E-state index in [1.54, 1.807) is 30.1 Å². The minimum absolute atomic E-state index is 0.0345. The fourth-order valence-electron chi connectivity index (χ4n) is 2.98. The van der Waals surface area contributed by atoms with E-state index in [0.29, 0.717) is 36.4 Å². The third-order valence-corrected chi connectivity index (χ3v) is 4.43. The molecular formula is C16H20N2O4. The van der Waals surface area contributed by atoms with Gasteiger partial charge in [-0.15, -0.1) is 0 Å². The Hall–Kier alpha value is -1.92. The molecule has 1 aromatic heterocycles. The molecule has 0 spiro atoms. The lowest BCUT2D eigenvalue weighted by molar-refractivity contribution is -0.0258. The van der Waals surface area contributed by atoms with Crippen molar-refractivity contribution in [2.24, 2.45) is 5.41 Å². The van der Waals surface area contributed by atoms with Gasteiger partial charge >= 0.3 is 0 Å². The zero-order valence-electron chi connectivity index (χ0n) is 12.6. The second-order valence-electron chi connectivity index (χ2n) is 5.80. The van der Waals surface area contributed by atoms with E-state index < -0.39 is 0 Å². The molecule has 3 rings (SSSR count). The molecule has 1 aromatic carbocycles. The molecule has 1 saturated heterocycles. The second kappa shape index (κ2) is 6.06. The van der Waals surface area contributed by atoms with Gasteiger partial charge in [0.05, 0.1) is 25.6 Å². The summed E-state index contributed by atoms with van der Waals surface area (Å²) in [4.78, 5) is 17.1. The third kappa shape index (κ3) is 2.60. The van der Waals surface area contributed by atoms with Crippen LogP contribution in [0.5, 0.6) is 5.75 Å². The molecule has 2 aromatic rings. The van der Waals surface area contributed by atoms with E-state index in [1.165, 1.54) is 0 Å². The lowest BCUT2D eigenvalue weighted by Crippen LogP contribution is -2.39. The number of methoxy groups -OCH3 is 1. The van der Waals surface area contributed by atoms with Crippen molar-refractivity contribution < 1.29 is 14.6 Å². The van der Waals surface area contributed by atoms with Crippen molar-refractivity contribution in [3.05, 3.63) is 34.9 Å². The van der Waals surface area contributed by atoms with E-state index in [-0.39, 0.29) is 17.6 Å². The van der Waals surface area contributed by atoms with Crippen molar-refractivity contribution >= 4 is 10.9 Å². The van der Waals surface area contributed by atoms with Crippen LogP contribution in [0.4, 0.5) is 0 Å². The fraction of sp³-hybridized carbons (Fsp3) is 0.500. The molecule has 0 unspecified atom stereocenters. The lowest BCUT2D eigenvalue weighted by atomic mass is 9.81. The Morgan fingerprint density at radius 1 is 1.41 bits per heavy atom. The Morgan fingerprint density at radius 3 is 2.86 bits per heavy atom. The van der Waals surface area contributed by atoms with Gasteiger partial charge in [-0.1, -0.05) is 6.07 Å². The van der Waals surface area contributed by atoms with Crippen LogP contribution >= 0.6 is 0 Å². The number of aliphatic hydroxyl groups excluding tert-OH is 1. The number of rotatable bonds is 4. The van der Waals surface area contributed by atoms with Crippen LogP contribution in [0.3, 0.4) is 0 Å². The van der Waals surface area contributed by atoms with Gasteiger partial charge in [-0.2, -0.15) is 0 Å². The average Bonchev–Trinajstić information content (AvgIpc) is 2.58. The normalized spacial score (nSPS) is 17.5. The van der Waals surface area contributed by atoms with Crippen LogP contribution in [-0.2, 0) is 11.3 Å². The van der Waals surface area contributed by atoms with Gasteiger partial charge in [-0.25, -0.2) is 4.98 Å². The molecule has 0 saturated carbocycles. The number of nitrogens with zero attached hydrogens (tertiary/aromatic N) is 2. The predicted octanol–water partition coefficient (Wildman–Crippen LogP) is 1.19. The summed E-state index contributed by atoms with van der Waals surface area (Å²) in [6.45, 7) is 1.69. The number of ether oxygens (including phenoxy) is 2. The molecule has 0 aliphatic carbocycles. The lowest BCUT2D eigenvalue weighted by Gasteiger charge is -2.35. The van der Waals surface area contributed by atoms with E-state index in [0.717, 1.165) is 12.8 Å². The molecule has 0 radical (unpaired) electrons. The van der Waals surface area contributed by atoms with Gasteiger partial charge in [0, 0.05) is 25.2 Å². The first-order valence-corrected chi connectivity index (χ1v) is 7.40. The van der Waals surface area contributed by atoms with Crippen molar-refractivity contribution in [1.29, 1.82) is 0 Å². The molecule has 1 N–H and O–H groups in total. The molecule has 0 atom stereocenters. The summed E-state index contributed by atoms with van der Waals surface area (Å²) in [6, 6.07) is 5.36. The number of hydrogen-bond acceptors (Lipinski definition) is 5. The van der Waals surface area contributed by atoms with E-state index in [9.17, 15) is 9.90 Å². The number of hydrogen-bond donors (Lipinski definition) is 1. The molecule has 0 amide bonds. The van der Waals surface area contributed by atoms with Crippen LogP contribution in [0.25, 0.3) is 10.9 Å². The number of aliphatic hydroxyl groups is 1. The Bertz CT molecular complexity index is 720. The van der Waals surface area contributed by atoms with Crippen molar-refractivity contribution in [2.45, 2.75) is 19.4 Å². The largest absolute Gasteiger partial charge is 0.496 e. The van der Waals surface area contributed by atoms with Gasteiger partial charge in [0.1, 0.15) is 11.1 Å². The highest BCUT2D eigenvalue weighted by molar-refractivity contribution is 5.83. The smallest absolute Gasteiger partial charge is 0.264 e. The molecular weight excluding hydrogens is 284 g/mol. The van der Waals surface area contributed by atoms with Crippen LogP contribution in [0.1, 0.15) is 12.8 Å². The second-order valence-corrected chi connectivity index (χ2v) is 5.80. The SMILES string of the molecule is COc1cccc2ncn(CC3(CO)CCOCC3)c(=O)c12. The van der Waals surface area contributed by atoms with Gasteiger partial charge in [0.15, 0.2) is 0 Å². The summed E-state index contributed by atoms with van der Waals surface area (Å²) in [6.07, 6.45) is 3.02.